The van der Waals surface area contributed by atoms with E-state index in [9.17, 15) is 13.6 Å². The van der Waals surface area contributed by atoms with Gasteiger partial charge in [0, 0.05) is 18.0 Å². The Morgan fingerprint density at radius 1 is 1.07 bits per heavy atom. The van der Waals surface area contributed by atoms with Gasteiger partial charge >= 0.3 is 0 Å². The molecule has 3 rings (SSSR count). The number of benzene rings is 2. The van der Waals surface area contributed by atoms with Gasteiger partial charge in [0.15, 0.2) is 11.6 Å². The van der Waals surface area contributed by atoms with Gasteiger partial charge in [-0.25, -0.2) is 13.8 Å². The average molecular weight is 369 g/mol. The molecule has 0 unspecified atom stereocenters. The fourth-order valence-electron chi connectivity index (χ4n) is 2.37. The number of hydrogen-bond donors (Lipinski definition) is 2. The van der Waals surface area contributed by atoms with Crippen LogP contribution in [0.15, 0.2) is 60.8 Å². The summed E-state index contributed by atoms with van der Waals surface area (Å²) in [5.74, 6) is -1.24. The highest BCUT2D eigenvalue weighted by Crippen LogP contribution is 2.24. The van der Waals surface area contributed by atoms with Crippen molar-refractivity contribution in [1.29, 1.82) is 0 Å². The molecule has 0 atom stereocenters. The highest BCUT2D eigenvalue weighted by Gasteiger charge is 2.10. The summed E-state index contributed by atoms with van der Waals surface area (Å²) in [6.45, 7) is 2.35. The summed E-state index contributed by atoms with van der Waals surface area (Å²) < 4.78 is 31.7. The van der Waals surface area contributed by atoms with Gasteiger partial charge in [-0.05, 0) is 43.3 Å². The van der Waals surface area contributed by atoms with E-state index in [1.165, 1.54) is 12.3 Å². The molecule has 1 amide bonds. The molecule has 1 aromatic heterocycles. The van der Waals surface area contributed by atoms with Gasteiger partial charge in [-0.2, -0.15) is 0 Å². The molecular weight excluding hydrogens is 352 g/mol. The summed E-state index contributed by atoms with van der Waals surface area (Å²) in [4.78, 5) is 16.5. The molecule has 0 bridgehead atoms. The Hall–Kier alpha value is -3.48. The first-order chi connectivity index (χ1) is 13.1. The van der Waals surface area contributed by atoms with E-state index in [1.807, 2.05) is 13.0 Å². The first kappa shape index (κ1) is 18.3. The minimum Gasteiger partial charge on any atom is -0.492 e. The van der Waals surface area contributed by atoms with Crippen LogP contribution in [0.1, 0.15) is 17.3 Å². The van der Waals surface area contributed by atoms with E-state index < -0.39 is 11.6 Å². The predicted molar refractivity (Wildman–Crippen MR) is 99.4 cm³/mol. The van der Waals surface area contributed by atoms with E-state index in [2.05, 4.69) is 15.6 Å². The number of anilines is 3. The Morgan fingerprint density at radius 2 is 1.89 bits per heavy atom. The lowest BCUT2D eigenvalue weighted by atomic mass is 10.2. The van der Waals surface area contributed by atoms with Gasteiger partial charge in [0.2, 0.25) is 0 Å². The molecule has 0 aliphatic rings. The van der Waals surface area contributed by atoms with Gasteiger partial charge in [0.1, 0.15) is 11.6 Å². The predicted octanol–water partition coefficient (Wildman–Crippen LogP) is 4.75. The molecule has 0 fully saturated rings. The quantitative estimate of drug-likeness (QED) is 0.658. The number of rotatable bonds is 6. The topological polar surface area (TPSA) is 63.2 Å². The molecule has 0 saturated heterocycles. The number of nitrogens with one attached hydrogen (secondary N) is 2. The zero-order valence-electron chi connectivity index (χ0n) is 14.5. The average Bonchev–Trinajstić information content (AvgIpc) is 2.67. The maximum atomic E-state index is 13.2. The fourth-order valence-corrected chi connectivity index (χ4v) is 2.37. The van der Waals surface area contributed by atoms with Gasteiger partial charge in [-0.15, -0.1) is 0 Å². The third-order valence-electron chi connectivity index (χ3n) is 3.65. The molecule has 3 aromatic rings. The number of amides is 1. The van der Waals surface area contributed by atoms with Crippen molar-refractivity contribution >= 4 is 23.1 Å². The number of carbonyl (C=O) groups excluding carboxylic acids is 1. The van der Waals surface area contributed by atoms with Crippen LogP contribution in [0.25, 0.3) is 0 Å². The number of nitrogens with zero attached hydrogens (tertiary/aromatic N) is 1. The lowest BCUT2D eigenvalue weighted by Crippen LogP contribution is -2.13. The van der Waals surface area contributed by atoms with Crippen LogP contribution in [0.4, 0.5) is 26.0 Å². The van der Waals surface area contributed by atoms with Crippen LogP contribution in [-0.2, 0) is 0 Å². The maximum Gasteiger partial charge on any atom is 0.257 e. The molecule has 2 N–H and O–H groups in total. The maximum absolute atomic E-state index is 13.2. The summed E-state index contributed by atoms with van der Waals surface area (Å²) in [5, 5.41) is 5.62. The van der Waals surface area contributed by atoms with Crippen LogP contribution >= 0.6 is 0 Å². The minimum absolute atomic E-state index is 0.339. The lowest BCUT2D eigenvalue weighted by Gasteiger charge is -2.11. The molecule has 7 heteroatoms. The molecule has 0 spiro atoms. The summed E-state index contributed by atoms with van der Waals surface area (Å²) in [6, 6.07) is 13.7. The molecule has 5 nitrogen and oxygen atoms in total. The summed E-state index contributed by atoms with van der Waals surface area (Å²) in [6.07, 6.45) is 1.39. The largest absolute Gasteiger partial charge is 0.492 e. The van der Waals surface area contributed by atoms with Crippen LogP contribution in [0, 0.1) is 11.6 Å². The van der Waals surface area contributed by atoms with E-state index in [0.717, 1.165) is 12.1 Å². The summed E-state index contributed by atoms with van der Waals surface area (Å²) in [5.41, 5.74) is 1.26. The third-order valence-corrected chi connectivity index (χ3v) is 3.65. The highest BCUT2D eigenvalue weighted by atomic mass is 19.2. The molecule has 0 saturated carbocycles. The van der Waals surface area contributed by atoms with Gasteiger partial charge in [0.25, 0.3) is 5.91 Å². The Balaban J connectivity index is 1.69. The normalized spacial score (nSPS) is 10.3. The molecule has 0 radical (unpaired) electrons. The number of halogens is 2. The first-order valence-corrected chi connectivity index (χ1v) is 8.28. The van der Waals surface area contributed by atoms with Crippen molar-refractivity contribution in [2.75, 3.05) is 17.2 Å². The molecule has 2 aromatic carbocycles. The molecule has 138 valence electrons. The fraction of sp³-hybridized carbons (Fsp3) is 0.100. The van der Waals surface area contributed by atoms with Gasteiger partial charge in [-0.3, -0.25) is 4.79 Å². The number of aromatic nitrogens is 1. The van der Waals surface area contributed by atoms with Crippen LogP contribution < -0.4 is 15.4 Å². The van der Waals surface area contributed by atoms with Crippen molar-refractivity contribution in [2.24, 2.45) is 0 Å². The first-order valence-electron chi connectivity index (χ1n) is 8.28. The number of hydrogen-bond acceptors (Lipinski definition) is 4. The van der Waals surface area contributed by atoms with E-state index in [-0.39, 0.29) is 5.91 Å². The Kier molecular flexibility index (Phi) is 5.61. The Bertz CT molecular complexity index is 946. The molecule has 1 heterocycles. The number of pyridine rings is 1. The van der Waals surface area contributed by atoms with Crippen LogP contribution in [0.5, 0.6) is 5.75 Å². The number of ether oxygens (including phenoxy) is 1. The number of carbonyl (C=O) groups is 1. The van der Waals surface area contributed by atoms with Crippen molar-refractivity contribution in [2.45, 2.75) is 6.92 Å². The monoisotopic (exact) mass is 369 g/mol. The Labute approximate surface area is 155 Å². The molecule has 0 aliphatic carbocycles. The van der Waals surface area contributed by atoms with Gasteiger partial charge in [0.05, 0.1) is 17.9 Å². The lowest BCUT2D eigenvalue weighted by molar-refractivity contribution is 0.102. The van der Waals surface area contributed by atoms with E-state index in [0.29, 0.717) is 35.1 Å². The third kappa shape index (κ3) is 4.58. The molecular formula is C20H17F2N3O2. The van der Waals surface area contributed by atoms with Crippen molar-refractivity contribution in [3.8, 4) is 5.75 Å². The van der Waals surface area contributed by atoms with Crippen LogP contribution in [-0.4, -0.2) is 17.5 Å². The molecule has 27 heavy (non-hydrogen) atoms. The van der Waals surface area contributed by atoms with E-state index in [1.54, 1.807) is 30.3 Å². The SMILES string of the molecule is CCOc1ccccc1NC(=O)c1ccc(Nc2ccc(F)c(F)c2)nc1. The minimum atomic E-state index is -0.955. The number of para-hydroxylation sites is 2. The highest BCUT2D eigenvalue weighted by molar-refractivity contribution is 6.04. The smallest absolute Gasteiger partial charge is 0.257 e. The van der Waals surface area contributed by atoms with E-state index in [4.69, 9.17) is 4.74 Å². The second-order valence-electron chi connectivity index (χ2n) is 5.57. The van der Waals surface area contributed by atoms with Gasteiger partial charge < -0.3 is 15.4 Å². The molecule has 0 aliphatic heterocycles. The van der Waals surface area contributed by atoms with Crippen molar-refractivity contribution in [1.82, 2.24) is 4.98 Å². The van der Waals surface area contributed by atoms with Crippen LogP contribution in [0.3, 0.4) is 0 Å². The van der Waals surface area contributed by atoms with Gasteiger partial charge in [-0.1, -0.05) is 12.1 Å². The van der Waals surface area contributed by atoms with Crippen molar-refractivity contribution < 1.29 is 18.3 Å². The summed E-state index contributed by atoms with van der Waals surface area (Å²) >= 11 is 0. The second kappa shape index (κ2) is 8.27. The standard InChI is InChI=1S/C20H17F2N3O2/c1-2-27-18-6-4-3-5-17(18)25-20(26)13-7-10-19(23-12-13)24-14-8-9-15(21)16(22)11-14/h3-12H,2H2,1H3,(H,23,24)(H,25,26). The van der Waals surface area contributed by atoms with E-state index >= 15 is 0 Å². The van der Waals surface area contributed by atoms with Crippen LogP contribution in [0.2, 0.25) is 0 Å². The summed E-state index contributed by atoms with van der Waals surface area (Å²) in [7, 11) is 0. The van der Waals surface area contributed by atoms with Crippen molar-refractivity contribution in [3.63, 3.8) is 0 Å². The Morgan fingerprint density at radius 3 is 2.59 bits per heavy atom. The van der Waals surface area contributed by atoms with Crippen molar-refractivity contribution in [3.05, 3.63) is 78.0 Å². The zero-order valence-corrected chi connectivity index (χ0v) is 14.5. The zero-order chi connectivity index (χ0) is 19.2. The second-order valence-corrected chi connectivity index (χ2v) is 5.57.